The zero-order chi connectivity index (χ0) is 15.4. The van der Waals surface area contributed by atoms with E-state index in [9.17, 15) is 4.79 Å². The topological polar surface area (TPSA) is 72.7 Å². The van der Waals surface area contributed by atoms with Crippen LogP contribution in [-0.4, -0.2) is 31.4 Å². The fourth-order valence-corrected chi connectivity index (χ4v) is 2.76. The molecule has 0 saturated carbocycles. The predicted octanol–water partition coefficient (Wildman–Crippen LogP) is 3.14. The number of hydrogen-bond acceptors (Lipinski definition) is 5. The molecule has 0 aliphatic carbocycles. The highest BCUT2D eigenvalue weighted by Crippen LogP contribution is 2.23. The predicted molar refractivity (Wildman–Crippen MR) is 86.3 cm³/mol. The van der Waals surface area contributed by atoms with Crippen molar-refractivity contribution in [2.45, 2.75) is 37.2 Å². The number of tetrazole rings is 1. The lowest BCUT2D eigenvalue weighted by Gasteiger charge is -2.12. The molecule has 1 aromatic carbocycles. The van der Waals surface area contributed by atoms with Gasteiger partial charge in [-0.25, -0.2) is 4.68 Å². The molecule has 0 aliphatic heterocycles. The summed E-state index contributed by atoms with van der Waals surface area (Å²) in [5.74, 6) is -0.0828. The van der Waals surface area contributed by atoms with Gasteiger partial charge < -0.3 is 5.32 Å². The Morgan fingerprint density at radius 3 is 2.57 bits per heavy atom. The van der Waals surface area contributed by atoms with E-state index in [4.69, 9.17) is 0 Å². The first kappa shape index (κ1) is 16.0. The highest BCUT2D eigenvalue weighted by Gasteiger charge is 2.19. The van der Waals surface area contributed by atoms with Gasteiger partial charge in [-0.15, -0.1) is 5.10 Å². The largest absolute Gasteiger partial charge is 0.325 e. The van der Waals surface area contributed by atoms with Gasteiger partial charge in [0.25, 0.3) is 0 Å². The molecule has 1 aromatic heterocycles. The van der Waals surface area contributed by atoms with Crippen LogP contribution in [0.1, 0.15) is 26.8 Å². The summed E-state index contributed by atoms with van der Waals surface area (Å²) in [6.45, 7) is 5.82. The summed E-state index contributed by atoms with van der Waals surface area (Å²) in [4.78, 5) is 12.2. The van der Waals surface area contributed by atoms with E-state index >= 15 is 0 Å². The molecule has 6 nitrogen and oxygen atoms in total. The number of halogens is 1. The average Bonchev–Trinajstić information content (AvgIpc) is 2.89. The Balaban J connectivity index is 1.99. The van der Waals surface area contributed by atoms with Crippen molar-refractivity contribution >= 4 is 39.3 Å². The van der Waals surface area contributed by atoms with Gasteiger partial charge in [0.1, 0.15) is 0 Å². The Labute approximate surface area is 135 Å². The maximum absolute atomic E-state index is 12.2. The summed E-state index contributed by atoms with van der Waals surface area (Å²) in [6, 6.07) is 7.61. The van der Waals surface area contributed by atoms with E-state index in [-0.39, 0.29) is 17.2 Å². The van der Waals surface area contributed by atoms with Crippen LogP contribution in [-0.2, 0) is 4.79 Å². The Morgan fingerprint density at radius 1 is 1.29 bits per heavy atom. The van der Waals surface area contributed by atoms with E-state index in [0.29, 0.717) is 5.16 Å². The third-order valence-electron chi connectivity index (χ3n) is 2.71. The number of hydrogen-bond donors (Lipinski definition) is 1. The lowest BCUT2D eigenvalue weighted by Crippen LogP contribution is -2.23. The molecule has 0 spiro atoms. The molecule has 1 amide bonds. The van der Waals surface area contributed by atoms with Crippen molar-refractivity contribution in [1.29, 1.82) is 0 Å². The molecule has 2 aromatic rings. The van der Waals surface area contributed by atoms with Crippen LogP contribution in [0.25, 0.3) is 0 Å². The number of nitrogens with one attached hydrogen (secondary N) is 1. The minimum absolute atomic E-state index is 0.0828. The van der Waals surface area contributed by atoms with Gasteiger partial charge in [-0.05, 0) is 55.5 Å². The van der Waals surface area contributed by atoms with E-state index in [1.807, 2.05) is 45.0 Å². The Hall–Kier alpha value is -1.41. The number of aromatic nitrogens is 4. The number of thioether (sulfide) groups is 1. The standard InChI is InChI=1S/C13H16BrN5OS/c1-8(2)19-13(16-17-18-19)21-9(3)12(20)15-11-6-4-10(14)5-7-11/h4-9H,1-3H3,(H,15,20). The minimum atomic E-state index is -0.294. The highest BCUT2D eigenvalue weighted by molar-refractivity contribution is 9.10. The molecule has 2 rings (SSSR count). The normalized spacial score (nSPS) is 12.4. The molecule has 21 heavy (non-hydrogen) atoms. The van der Waals surface area contributed by atoms with E-state index in [2.05, 4.69) is 36.8 Å². The van der Waals surface area contributed by atoms with Crippen LogP contribution in [0.15, 0.2) is 33.9 Å². The Bertz CT molecular complexity index is 613. The Morgan fingerprint density at radius 2 is 1.95 bits per heavy atom. The number of rotatable bonds is 5. The van der Waals surface area contributed by atoms with Crippen LogP contribution in [0.3, 0.4) is 0 Å². The van der Waals surface area contributed by atoms with Crippen molar-refractivity contribution in [1.82, 2.24) is 20.2 Å². The average molecular weight is 370 g/mol. The fraction of sp³-hybridized carbons (Fsp3) is 0.385. The molecular weight excluding hydrogens is 354 g/mol. The van der Waals surface area contributed by atoms with E-state index < -0.39 is 0 Å². The second kappa shape index (κ2) is 7.04. The van der Waals surface area contributed by atoms with Gasteiger partial charge in [0.2, 0.25) is 11.1 Å². The zero-order valence-corrected chi connectivity index (χ0v) is 14.3. The van der Waals surface area contributed by atoms with Crippen molar-refractivity contribution in [3.63, 3.8) is 0 Å². The number of benzene rings is 1. The first-order valence-electron chi connectivity index (χ1n) is 6.48. The molecule has 1 N–H and O–H groups in total. The summed E-state index contributed by atoms with van der Waals surface area (Å²) in [5, 5.41) is 14.8. The third-order valence-corrected chi connectivity index (χ3v) is 4.29. The van der Waals surface area contributed by atoms with Crippen LogP contribution >= 0.6 is 27.7 Å². The van der Waals surface area contributed by atoms with Gasteiger partial charge >= 0.3 is 0 Å². The van der Waals surface area contributed by atoms with Crippen LogP contribution in [0.2, 0.25) is 0 Å². The van der Waals surface area contributed by atoms with Crippen LogP contribution in [0.4, 0.5) is 5.69 Å². The minimum Gasteiger partial charge on any atom is -0.325 e. The number of carbonyl (C=O) groups is 1. The van der Waals surface area contributed by atoms with Crippen LogP contribution in [0, 0.1) is 0 Å². The van der Waals surface area contributed by atoms with Crippen molar-refractivity contribution in [2.75, 3.05) is 5.32 Å². The van der Waals surface area contributed by atoms with E-state index in [1.54, 1.807) is 4.68 Å². The van der Waals surface area contributed by atoms with Crippen LogP contribution < -0.4 is 5.32 Å². The summed E-state index contributed by atoms with van der Waals surface area (Å²) in [7, 11) is 0. The summed E-state index contributed by atoms with van der Waals surface area (Å²) < 4.78 is 2.67. The van der Waals surface area contributed by atoms with Gasteiger partial charge in [-0.1, -0.05) is 27.7 Å². The zero-order valence-electron chi connectivity index (χ0n) is 11.9. The van der Waals surface area contributed by atoms with E-state index in [1.165, 1.54) is 11.8 Å². The molecule has 0 radical (unpaired) electrons. The summed E-state index contributed by atoms with van der Waals surface area (Å²) in [5.41, 5.74) is 0.763. The third kappa shape index (κ3) is 4.28. The van der Waals surface area contributed by atoms with Gasteiger partial charge in [-0.2, -0.15) is 0 Å². The van der Waals surface area contributed by atoms with E-state index in [0.717, 1.165) is 10.2 Å². The second-order valence-corrected chi connectivity index (χ2v) is 6.98. The molecule has 1 heterocycles. The molecule has 0 saturated heterocycles. The smallest absolute Gasteiger partial charge is 0.237 e. The first-order chi connectivity index (χ1) is 9.97. The molecule has 0 aliphatic rings. The maximum atomic E-state index is 12.2. The molecule has 0 bridgehead atoms. The number of carbonyl (C=O) groups excluding carboxylic acids is 1. The van der Waals surface area contributed by atoms with Crippen molar-refractivity contribution < 1.29 is 4.79 Å². The van der Waals surface area contributed by atoms with Crippen molar-refractivity contribution in [3.8, 4) is 0 Å². The van der Waals surface area contributed by atoms with Crippen molar-refractivity contribution in [2.24, 2.45) is 0 Å². The molecule has 0 fully saturated rings. The molecule has 1 unspecified atom stereocenters. The monoisotopic (exact) mass is 369 g/mol. The second-order valence-electron chi connectivity index (χ2n) is 4.76. The molecule has 1 atom stereocenters. The maximum Gasteiger partial charge on any atom is 0.237 e. The fourth-order valence-electron chi connectivity index (χ4n) is 1.58. The van der Waals surface area contributed by atoms with Gasteiger partial charge in [-0.3, -0.25) is 4.79 Å². The number of anilines is 1. The highest BCUT2D eigenvalue weighted by atomic mass is 79.9. The Kier molecular flexibility index (Phi) is 5.35. The van der Waals surface area contributed by atoms with Crippen LogP contribution in [0.5, 0.6) is 0 Å². The summed E-state index contributed by atoms with van der Waals surface area (Å²) >= 11 is 4.70. The summed E-state index contributed by atoms with van der Waals surface area (Å²) in [6.07, 6.45) is 0. The first-order valence-corrected chi connectivity index (χ1v) is 8.15. The molecule has 112 valence electrons. The number of nitrogens with zero attached hydrogens (tertiary/aromatic N) is 4. The number of amides is 1. The quantitative estimate of drug-likeness (QED) is 0.819. The van der Waals surface area contributed by atoms with Gasteiger partial charge in [0.15, 0.2) is 0 Å². The van der Waals surface area contributed by atoms with Gasteiger partial charge in [0, 0.05) is 10.2 Å². The van der Waals surface area contributed by atoms with Crippen molar-refractivity contribution in [3.05, 3.63) is 28.7 Å². The lowest BCUT2D eigenvalue weighted by molar-refractivity contribution is -0.115. The SMILES string of the molecule is CC(Sc1nnnn1C(C)C)C(=O)Nc1ccc(Br)cc1. The van der Waals surface area contributed by atoms with Gasteiger partial charge in [0.05, 0.1) is 11.3 Å². The lowest BCUT2D eigenvalue weighted by atomic mass is 10.3. The molecular formula is C13H16BrN5OS. The molecule has 8 heteroatoms.